The molecule has 3 aromatic carbocycles. The number of hydrogen-bond donors (Lipinski definition) is 1. The summed E-state index contributed by atoms with van der Waals surface area (Å²) in [5.74, 6) is -0.0903. The van der Waals surface area contributed by atoms with Crippen LogP contribution in [0.5, 0.6) is 0 Å². The number of carbonyl (C=O) groups is 2. The average molecular weight is 383 g/mol. The number of Topliss-reactive ketones (excluding diaryl/α,β-unsaturated/α-hetero) is 1. The fraction of sp³-hybridized carbons (Fsp3) is 0.231. The molecule has 0 saturated heterocycles. The number of para-hydroxylation sites is 1. The van der Waals surface area contributed by atoms with Crippen molar-refractivity contribution in [3.63, 3.8) is 0 Å². The smallest absolute Gasteiger partial charge is 0.224 e. The van der Waals surface area contributed by atoms with E-state index in [1.54, 1.807) is 0 Å². The van der Waals surface area contributed by atoms with Crippen LogP contribution < -0.4 is 5.32 Å². The van der Waals surface area contributed by atoms with Gasteiger partial charge in [0.15, 0.2) is 5.78 Å². The molecule has 0 aliphatic heterocycles. The van der Waals surface area contributed by atoms with Gasteiger partial charge in [-0.25, -0.2) is 0 Å². The summed E-state index contributed by atoms with van der Waals surface area (Å²) in [6.07, 6.45) is 4.49. The van der Waals surface area contributed by atoms with E-state index in [4.69, 9.17) is 0 Å². The number of carbonyl (C=O) groups excluding carboxylic acids is 2. The molecule has 0 fully saturated rings. The minimum Gasteiger partial charge on any atom is -0.326 e. The average Bonchev–Trinajstić information content (AvgIpc) is 3.22. The van der Waals surface area contributed by atoms with Gasteiger partial charge < -0.3 is 5.32 Å². The van der Waals surface area contributed by atoms with Crippen LogP contribution in [0.2, 0.25) is 0 Å². The molecule has 0 bridgehead atoms. The Kier molecular flexibility index (Phi) is 5.85. The molecule has 1 amide bonds. The van der Waals surface area contributed by atoms with Gasteiger partial charge in [0, 0.05) is 24.1 Å². The van der Waals surface area contributed by atoms with Gasteiger partial charge in [0.2, 0.25) is 5.91 Å². The van der Waals surface area contributed by atoms with Crippen LogP contribution in [0, 0.1) is 0 Å². The highest BCUT2D eigenvalue weighted by atomic mass is 16.2. The van der Waals surface area contributed by atoms with Crippen molar-refractivity contribution < 1.29 is 9.59 Å². The lowest BCUT2D eigenvalue weighted by atomic mass is 10.0. The zero-order valence-corrected chi connectivity index (χ0v) is 16.5. The maximum absolute atomic E-state index is 12.5. The molecule has 0 heterocycles. The summed E-state index contributed by atoms with van der Waals surface area (Å²) in [5, 5.41) is 2.99. The number of anilines is 1. The Labute approximate surface area is 171 Å². The fourth-order valence-corrected chi connectivity index (χ4v) is 3.94. The van der Waals surface area contributed by atoms with Crippen LogP contribution in [0.3, 0.4) is 0 Å². The molecule has 1 aliphatic rings. The second-order valence-electron chi connectivity index (χ2n) is 7.63. The van der Waals surface area contributed by atoms with Crippen molar-refractivity contribution in [3.05, 3.63) is 101 Å². The van der Waals surface area contributed by atoms with E-state index in [1.807, 2.05) is 54.6 Å². The van der Waals surface area contributed by atoms with Crippen molar-refractivity contribution >= 4 is 17.4 Å². The van der Waals surface area contributed by atoms with Gasteiger partial charge >= 0.3 is 0 Å². The topological polar surface area (TPSA) is 46.2 Å². The summed E-state index contributed by atoms with van der Waals surface area (Å²) in [6, 6.07) is 24.0. The van der Waals surface area contributed by atoms with Crippen LogP contribution in [0.15, 0.2) is 72.8 Å². The van der Waals surface area contributed by atoms with Gasteiger partial charge in [-0.05, 0) is 60.1 Å². The molecule has 0 atom stereocenters. The number of aryl methyl sites for hydroxylation is 2. The summed E-state index contributed by atoms with van der Waals surface area (Å²) >= 11 is 0. The Bertz CT molecular complexity index is 1020. The van der Waals surface area contributed by atoms with Crippen LogP contribution in [0.4, 0.5) is 5.69 Å². The molecule has 3 heteroatoms. The zero-order valence-electron chi connectivity index (χ0n) is 16.5. The molecule has 0 unspecified atom stereocenters. The van der Waals surface area contributed by atoms with E-state index in [9.17, 15) is 9.59 Å². The van der Waals surface area contributed by atoms with Crippen molar-refractivity contribution in [2.45, 2.75) is 38.5 Å². The van der Waals surface area contributed by atoms with E-state index in [0.29, 0.717) is 0 Å². The van der Waals surface area contributed by atoms with E-state index in [1.165, 1.54) is 16.7 Å². The number of nitrogens with one attached hydrogen (secondary N) is 1. The van der Waals surface area contributed by atoms with E-state index in [0.717, 1.165) is 42.5 Å². The fourth-order valence-electron chi connectivity index (χ4n) is 3.94. The van der Waals surface area contributed by atoms with Gasteiger partial charge in [-0.2, -0.15) is 0 Å². The zero-order chi connectivity index (χ0) is 20.1. The molecule has 146 valence electrons. The lowest BCUT2D eigenvalue weighted by molar-refractivity contribution is -0.116. The molecule has 3 nitrogen and oxygen atoms in total. The molecule has 1 aliphatic carbocycles. The Morgan fingerprint density at radius 1 is 0.793 bits per heavy atom. The number of fused-ring (bicyclic) bond motifs is 1. The standard InChI is InChI=1S/C26H25NO2/c28-25(23-14-13-20-10-6-11-21(20)18-23)15-16-26(29)27-24-12-5-4-9-22(24)17-19-7-2-1-3-8-19/h1-5,7-9,12-14,18H,6,10-11,15-17H2,(H,27,29). The first kappa shape index (κ1) is 19.1. The van der Waals surface area contributed by atoms with Crippen LogP contribution in [0.1, 0.15) is 51.9 Å². The first-order valence-corrected chi connectivity index (χ1v) is 10.3. The predicted octanol–water partition coefficient (Wildman–Crippen LogP) is 5.37. The largest absolute Gasteiger partial charge is 0.326 e. The lowest BCUT2D eigenvalue weighted by Gasteiger charge is -2.11. The third kappa shape index (κ3) is 4.80. The minimum absolute atomic E-state index is 0.0346. The second kappa shape index (κ2) is 8.87. The lowest BCUT2D eigenvalue weighted by Crippen LogP contribution is -2.15. The molecule has 3 aromatic rings. The van der Waals surface area contributed by atoms with Gasteiger partial charge in [0.1, 0.15) is 0 Å². The number of amides is 1. The Hall–Kier alpha value is -3.20. The maximum atomic E-state index is 12.5. The maximum Gasteiger partial charge on any atom is 0.224 e. The van der Waals surface area contributed by atoms with Crippen LogP contribution in [0.25, 0.3) is 0 Å². The van der Waals surface area contributed by atoms with Crippen molar-refractivity contribution in [1.82, 2.24) is 0 Å². The third-order valence-electron chi connectivity index (χ3n) is 5.53. The number of rotatable bonds is 7. The van der Waals surface area contributed by atoms with Crippen molar-refractivity contribution in [1.29, 1.82) is 0 Å². The number of benzene rings is 3. The highest BCUT2D eigenvalue weighted by molar-refractivity contribution is 6.00. The van der Waals surface area contributed by atoms with Gasteiger partial charge in [-0.3, -0.25) is 9.59 Å². The highest BCUT2D eigenvalue weighted by Crippen LogP contribution is 2.24. The van der Waals surface area contributed by atoms with E-state index in [-0.39, 0.29) is 24.5 Å². The summed E-state index contributed by atoms with van der Waals surface area (Å²) < 4.78 is 0. The molecule has 0 aromatic heterocycles. The first-order valence-electron chi connectivity index (χ1n) is 10.3. The SMILES string of the molecule is O=C(CCC(=O)c1ccc2c(c1)CCC2)Nc1ccccc1Cc1ccccc1. The van der Waals surface area contributed by atoms with Gasteiger partial charge in [-0.1, -0.05) is 60.7 Å². The van der Waals surface area contributed by atoms with Crippen molar-refractivity contribution in [2.75, 3.05) is 5.32 Å². The molecule has 0 spiro atoms. The minimum atomic E-state index is -0.125. The van der Waals surface area contributed by atoms with E-state index in [2.05, 4.69) is 23.5 Å². The van der Waals surface area contributed by atoms with Crippen LogP contribution in [-0.4, -0.2) is 11.7 Å². The molecule has 29 heavy (non-hydrogen) atoms. The van der Waals surface area contributed by atoms with Gasteiger partial charge in [-0.15, -0.1) is 0 Å². The summed E-state index contributed by atoms with van der Waals surface area (Å²) in [7, 11) is 0. The van der Waals surface area contributed by atoms with E-state index < -0.39 is 0 Å². The number of ketones is 1. The second-order valence-corrected chi connectivity index (χ2v) is 7.63. The van der Waals surface area contributed by atoms with Crippen molar-refractivity contribution in [2.24, 2.45) is 0 Å². The van der Waals surface area contributed by atoms with Crippen LogP contribution >= 0.6 is 0 Å². The predicted molar refractivity (Wildman–Crippen MR) is 116 cm³/mol. The molecule has 1 N–H and O–H groups in total. The molecule has 0 radical (unpaired) electrons. The quantitative estimate of drug-likeness (QED) is 0.558. The summed E-state index contributed by atoms with van der Waals surface area (Å²) in [4.78, 5) is 25.0. The van der Waals surface area contributed by atoms with Gasteiger partial charge in [0.25, 0.3) is 0 Å². The molecular formula is C26H25NO2. The Morgan fingerprint density at radius 2 is 1.55 bits per heavy atom. The first-order chi connectivity index (χ1) is 14.2. The summed E-state index contributed by atoms with van der Waals surface area (Å²) in [6.45, 7) is 0. The molecule has 0 saturated carbocycles. The molecular weight excluding hydrogens is 358 g/mol. The highest BCUT2D eigenvalue weighted by Gasteiger charge is 2.15. The van der Waals surface area contributed by atoms with E-state index >= 15 is 0 Å². The molecule has 4 rings (SSSR count). The van der Waals surface area contributed by atoms with Crippen molar-refractivity contribution in [3.8, 4) is 0 Å². The third-order valence-corrected chi connectivity index (χ3v) is 5.53. The summed E-state index contributed by atoms with van der Waals surface area (Å²) in [5.41, 5.74) is 6.44. The monoisotopic (exact) mass is 383 g/mol. The Balaban J connectivity index is 1.36. The number of hydrogen-bond acceptors (Lipinski definition) is 2. The van der Waals surface area contributed by atoms with Crippen LogP contribution in [-0.2, 0) is 24.1 Å². The normalized spacial score (nSPS) is 12.4. The van der Waals surface area contributed by atoms with Gasteiger partial charge in [0.05, 0.1) is 0 Å². The Morgan fingerprint density at radius 3 is 2.41 bits per heavy atom.